The number of ketones is 1. The van der Waals surface area contributed by atoms with Gasteiger partial charge in [0.2, 0.25) is 0 Å². The Hall–Kier alpha value is -1.37. The summed E-state index contributed by atoms with van der Waals surface area (Å²) in [5.74, 6) is 0.603. The predicted octanol–water partition coefficient (Wildman–Crippen LogP) is 3.00. The molecule has 1 aliphatic carbocycles. The summed E-state index contributed by atoms with van der Waals surface area (Å²) in [7, 11) is 0. The number of benzene rings is 1. The van der Waals surface area contributed by atoms with E-state index in [1.54, 1.807) is 0 Å². The Morgan fingerprint density at radius 3 is 2.36 bits per heavy atom. The largest absolute Gasteiger partial charge is 0.295 e. The minimum absolute atomic E-state index is 0.232. The third kappa shape index (κ3) is 1.63. The highest BCUT2D eigenvalue weighted by molar-refractivity contribution is 5.97. The van der Waals surface area contributed by atoms with E-state index in [0.717, 1.165) is 12.0 Å². The molecule has 0 aromatic heterocycles. The Morgan fingerprint density at radius 2 is 1.86 bits per heavy atom. The van der Waals surface area contributed by atoms with Gasteiger partial charge < -0.3 is 0 Å². The SMILES string of the molecule is C=C1CC(c2ccc(C)cc2)CC1=O. The van der Waals surface area contributed by atoms with E-state index in [2.05, 4.69) is 37.8 Å². The van der Waals surface area contributed by atoms with E-state index >= 15 is 0 Å². The molecule has 1 unspecified atom stereocenters. The standard InChI is InChI=1S/C13H14O/c1-9-3-5-11(6-4-9)12-7-10(2)13(14)8-12/h3-6,12H,2,7-8H2,1H3. The normalized spacial score (nSPS) is 21.6. The number of allylic oxidation sites excluding steroid dienone is 1. The van der Waals surface area contributed by atoms with Crippen LogP contribution in [0.25, 0.3) is 0 Å². The molecule has 1 fully saturated rings. The van der Waals surface area contributed by atoms with Crippen LogP contribution in [-0.4, -0.2) is 5.78 Å². The van der Waals surface area contributed by atoms with Gasteiger partial charge in [-0.3, -0.25) is 4.79 Å². The Balaban J connectivity index is 2.21. The molecule has 72 valence electrons. The van der Waals surface area contributed by atoms with Crippen molar-refractivity contribution < 1.29 is 4.79 Å². The van der Waals surface area contributed by atoms with E-state index in [4.69, 9.17) is 0 Å². The van der Waals surface area contributed by atoms with E-state index in [0.29, 0.717) is 12.3 Å². The highest BCUT2D eigenvalue weighted by Gasteiger charge is 2.26. The number of carbonyl (C=O) groups is 1. The molecule has 1 aromatic carbocycles. The van der Waals surface area contributed by atoms with Crippen LogP contribution in [-0.2, 0) is 4.79 Å². The third-order valence-electron chi connectivity index (χ3n) is 2.87. The van der Waals surface area contributed by atoms with E-state index in [9.17, 15) is 4.79 Å². The molecule has 1 nitrogen and oxygen atoms in total. The van der Waals surface area contributed by atoms with Crippen LogP contribution in [0.2, 0.25) is 0 Å². The van der Waals surface area contributed by atoms with Gasteiger partial charge in [0.25, 0.3) is 0 Å². The second kappa shape index (κ2) is 3.41. The molecule has 1 aliphatic rings. The van der Waals surface area contributed by atoms with E-state index in [1.165, 1.54) is 11.1 Å². The van der Waals surface area contributed by atoms with Gasteiger partial charge in [-0.25, -0.2) is 0 Å². The Morgan fingerprint density at radius 1 is 1.21 bits per heavy atom. The fourth-order valence-electron chi connectivity index (χ4n) is 1.93. The minimum atomic E-state index is 0.232. The quantitative estimate of drug-likeness (QED) is 0.616. The summed E-state index contributed by atoms with van der Waals surface area (Å²) < 4.78 is 0. The van der Waals surface area contributed by atoms with Crippen molar-refractivity contribution in [1.29, 1.82) is 0 Å². The molecule has 2 rings (SSSR count). The van der Waals surface area contributed by atoms with Crippen molar-refractivity contribution in [3.8, 4) is 0 Å². The van der Waals surface area contributed by atoms with Crippen LogP contribution in [0.3, 0.4) is 0 Å². The maximum absolute atomic E-state index is 11.3. The molecule has 1 heteroatoms. The van der Waals surface area contributed by atoms with Crippen molar-refractivity contribution in [1.82, 2.24) is 0 Å². The van der Waals surface area contributed by atoms with Crippen molar-refractivity contribution >= 4 is 5.78 Å². The molecule has 1 saturated carbocycles. The van der Waals surface area contributed by atoms with Gasteiger partial charge in [0.05, 0.1) is 0 Å². The topological polar surface area (TPSA) is 17.1 Å². The molecule has 0 heterocycles. The van der Waals surface area contributed by atoms with Crippen LogP contribution in [0.15, 0.2) is 36.4 Å². The number of hydrogen-bond acceptors (Lipinski definition) is 1. The Labute approximate surface area is 84.5 Å². The smallest absolute Gasteiger partial charge is 0.158 e. The van der Waals surface area contributed by atoms with Crippen molar-refractivity contribution in [3.63, 3.8) is 0 Å². The lowest BCUT2D eigenvalue weighted by Crippen LogP contribution is -1.93. The molecule has 0 bridgehead atoms. The van der Waals surface area contributed by atoms with Crippen LogP contribution in [0.1, 0.15) is 29.9 Å². The van der Waals surface area contributed by atoms with Gasteiger partial charge in [-0.1, -0.05) is 36.4 Å². The van der Waals surface area contributed by atoms with Gasteiger partial charge in [0.15, 0.2) is 5.78 Å². The molecular formula is C13H14O. The van der Waals surface area contributed by atoms with E-state index in [-0.39, 0.29) is 5.78 Å². The van der Waals surface area contributed by atoms with Crippen LogP contribution in [0.5, 0.6) is 0 Å². The van der Waals surface area contributed by atoms with Crippen LogP contribution in [0.4, 0.5) is 0 Å². The molecule has 0 N–H and O–H groups in total. The number of rotatable bonds is 1. The lowest BCUT2D eigenvalue weighted by molar-refractivity contribution is -0.114. The van der Waals surface area contributed by atoms with Crippen molar-refractivity contribution in [2.75, 3.05) is 0 Å². The maximum atomic E-state index is 11.3. The zero-order valence-electron chi connectivity index (χ0n) is 8.42. The number of carbonyl (C=O) groups excluding carboxylic acids is 1. The highest BCUT2D eigenvalue weighted by Crippen LogP contribution is 2.34. The first-order valence-corrected chi connectivity index (χ1v) is 4.94. The molecule has 1 aromatic rings. The fraction of sp³-hybridized carbons (Fsp3) is 0.308. The molecule has 0 amide bonds. The first kappa shape index (κ1) is 9.20. The Kier molecular flexibility index (Phi) is 2.24. The van der Waals surface area contributed by atoms with Gasteiger partial charge in [0, 0.05) is 6.42 Å². The summed E-state index contributed by atoms with van der Waals surface area (Å²) in [5.41, 5.74) is 3.31. The van der Waals surface area contributed by atoms with Gasteiger partial charge in [-0.05, 0) is 30.4 Å². The van der Waals surface area contributed by atoms with Crippen LogP contribution >= 0.6 is 0 Å². The zero-order valence-corrected chi connectivity index (χ0v) is 8.42. The second-order valence-corrected chi connectivity index (χ2v) is 4.04. The van der Waals surface area contributed by atoms with Gasteiger partial charge in [-0.2, -0.15) is 0 Å². The number of aryl methyl sites for hydroxylation is 1. The first-order chi connectivity index (χ1) is 6.66. The summed E-state index contributed by atoms with van der Waals surface area (Å²) in [4.78, 5) is 11.3. The summed E-state index contributed by atoms with van der Waals surface area (Å²) >= 11 is 0. The Bertz CT molecular complexity index is 357. The summed E-state index contributed by atoms with van der Waals surface area (Å²) in [5, 5.41) is 0. The van der Waals surface area contributed by atoms with Crippen molar-refractivity contribution in [2.45, 2.75) is 25.7 Å². The molecule has 0 radical (unpaired) electrons. The first-order valence-electron chi connectivity index (χ1n) is 4.94. The third-order valence-corrected chi connectivity index (χ3v) is 2.87. The average molecular weight is 186 g/mol. The minimum Gasteiger partial charge on any atom is -0.295 e. The lowest BCUT2D eigenvalue weighted by Gasteiger charge is -2.07. The predicted molar refractivity (Wildman–Crippen MR) is 57.3 cm³/mol. The molecule has 0 spiro atoms. The highest BCUT2D eigenvalue weighted by atomic mass is 16.1. The molecule has 0 aliphatic heterocycles. The van der Waals surface area contributed by atoms with E-state index in [1.807, 2.05) is 0 Å². The summed E-state index contributed by atoms with van der Waals surface area (Å²) in [6.07, 6.45) is 1.48. The monoisotopic (exact) mass is 186 g/mol. The van der Waals surface area contributed by atoms with Crippen LogP contribution < -0.4 is 0 Å². The van der Waals surface area contributed by atoms with Gasteiger partial charge >= 0.3 is 0 Å². The molecule has 1 atom stereocenters. The van der Waals surface area contributed by atoms with E-state index < -0.39 is 0 Å². The molecule has 14 heavy (non-hydrogen) atoms. The van der Waals surface area contributed by atoms with Gasteiger partial charge in [0.1, 0.15) is 0 Å². The van der Waals surface area contributed by atoms with Crippen molar-refractivity contribution in [3.05, 3.63) is 47.5 Å². The maximum Gasteiger partial charge on any atom is 0.158 e. The lowest BCUT2D eigenvalue weighted by atomic mass is 9.97. The average Bonchev–Trinajstić information content (AvgIpc) is 2.48. The number of Topliss-reactive ketones (excluding diaryl/α,β-unsaturated/α-hetero) is 1. The van der Waals surface area contributed by atoms with Crippen molar-refractivity contribution in [2.24, 2.45) is 0 Å². The fourth-order valence-corrected chi connectivity index (χ4v) is 1.93. The summed E-state index contributed by atoms with van der Waals surface area (Å²) in [6.45, 7) is 5.85. The molecule has 0 saturated heterocycles. The zero-order chi connectivity index (χ0) is 10.1. The molecular weight excluding hydrogens is 172 g/mol. The second-order valence-electron chi connectivity index (χ2n) is 4.04. The van der Waals surface area contributed by atoms with Gasteiger partial charge in [-0.15, -0.1) is 0 Å². The van der Waals surface area contributed by atoms with Crippen LogP contribution in [0, 0.1) is 6.92 Å². The number of hydrogen-bond donors (Lipinski definition) is 0. The summed E-state index contributed by atoms with van der Waals surface area (Å²) in [6, 6.07) is 8.43.